The predicted molar refractivity (Wildman–Crippen MR) is 143 cm³/mol. The largest absolute Gasteiger partial charge is 0.496 e. The Kier molecular flexibility index (Phi) is 10.8. The summed E-state index contributed by atoms with van der Waals surface area (Å²) in [7, 11) is 3.29. The highest BCUT2D eigenvalue weighted by atomic mass is 16.5. The van der Waals surface area contributed by atoms with Crippen LogP contribution < -0.4 is 14.8 Å². The van der Waals surface area contributed by atoms with Gasteiger partial charge in [-0.15, -0.1) is 0 Å². The number of ether oxygens (including phenoxy) is 3. The summed E-state index contributed by atoms with van der Waals surface area (Å²) in [4.78, 5) is 17.0. The van der Waals surface area contributed by atoms with Crippen LogP contribution in [0.2, 0.25) is 0 Å². The molecule has 3 rings (SSSR count). The molecule has 194 valence electrons. The van der Waals surface area contributed by atoms with E-state index in [2.05, 4.69) is 24.1 Å². The molecule has 0 saturated carbocycles. The lowest BCUT2D eigenvalue weighted by Gasteiger charge is -2.15. The maximum absolute atomic E-state index is 12.8. The minimum atomic E-state index is -0.155. The Bertz CT molecular complexity index is 1060. The van der Waals surface area contributed by atoms with Gasteiger partial charge >= 0.3 is 0 Å². The van der Waals surface area contributed by atoms with E-state index in [4.69, 9.17) is 14.2 Å². The van der Waals surface area contributed by atoms with E-state index in [0.29, 0.717) is 24.8 Å². The molecule has 0 bridgehead atoms. The Morgan fingerprint density at radius 2 is 1.75 bits per heavy atom. The van der Waals surface area contributed by atoms with Crippen molar-refractivity contribution in [3.63, 3.8) is 0 Å². The van der Waals surface area contributed by atoms with Gasteiger partial charge in [-0.1, -0.05) is 51.3 Å². The third-order valence-corrected chi connectivity index (χ3v) is 6.38. The number of methoxy groups -OCH3 is 2. The van der Waals surface area contributed by atoms with Crippen molar-refractivity contribution in [2.45, 2.75) is 46.0 Å². The number of amides is 1. The Morgan fingerprint density at radius 1 is 1.03 bits per heavy atom. The summed E-state index contributed by atoms with van der Waals surface area (Å²) in [5.41, 5.74) is 3.18. The first-order valence-electron chi connectivity index (χ1n) is 12.8. The summed E-state index contributed by atoms with van der Waals surface area (Å²) in [6.07, 6.45) is 8.86. The predicted octanol–water partition coefficient (Wildman–Crippen LogP) is 5.91. The van der Waals surface area contributed by atoms with Gasteiger partial charge in [0.05, 0.1) is 32.3 Å². The Morgan fingerprint density at radius 3 is 2.39 bits per heavy atom. The van der Waals surface area contributed by atoms with Crippen molar-refractivity contribution in [1.29, 1.82) is 0 Å². The molecule has 7 heteroatoms. The average molecular weight is 494 g/mol. The molecule has 1 atom stereocenters. The van der Waals surface area contributed by atoms with Crippen molar-refractivity contribution in [1.82, 2.24) is 14.9 Å². The Hall–Kier alpha value is -3.32. The first-order valence-corrected chi connectivity index (χ1v) is 12.8. The molecule has 0 aliphatic heterocycles. The number of aromatic nitrogens is 2. The van der Waals surface area contributed by atoms with Gasteiger partial charge < -0.3 is 19.5 Å². The van der Waals surface area contributed by atoms with Crippen LogP contribution in [0.5, 0.6) is 11.5 Å². The summed E-state index contributed by atoms with van der Waals surface area (Å²) in [6.45, 7) is 6.44. The highest BCUT2D eigenvalue weighted by Gasteiger charge is 2.15. The van der Waals surface area contributed by atoms with Crippen molar-refractivity contribution >= 4 is 5.91 Å². The molecule has 0 unspecified atom stereocenters. The molecule has 1 heterocycles. The van der Waals surface area contributed by atoms with E-state index in [0.717, 1.165) is 47.8 Å². The monoisotopic (exact) mass is 493 g/mol. The van der Waals surface area contributed by atoms with Crippen molar-refractivity contribution in [3.8, 4) is 28.3 Å². The molecule has 3 aromatic rings. The molecule has 0 saturated heterocycles. The van der Waals surface area contributed by atoms with E-state index >= 15 is 0 Å². The van der Waals surface area contributed by atoms with Gasteiger partial charge in [0.2, 0.25) is 0 Å². The van der Waals surface area contributed by atoms with E-state index in [1.54, 1.807) is 31.3 Å². The zero-order chi connectivity index (χ0) is 25.8. The van der Waals surface area contributed by atoms with Crippen LogP contribution in [0.3, 0.4) is 0 Å². The van der Waals surface area contributed by atoms with Crippen molar-refractivity contribution in [2.75, 3.05) is 34.0 Å². The Labute approximate surface area is 214 Å². The number of rotatable bonds is 15. The molecule has 0 aliphatic carbocycles. The number of nitrogens with one attached hydrogen (secondary N) is 1. The van der Waals surface area contributed by atoms with Gasteiger partial charge in [-0.2, -0.15) is 0 Å². The van der Waals surface area contributed by atoms with Gasteiger partial charge in [0.1, 0.15) is 17.2 Å². The lowest BCUT2D eigenvalue weighted by Crippen LogP contribution is -2.27. The number of carbonyl (C=O) groups excluding carboxylic acids is 1. The van der Waals surface area contributed by atoms with Crippen LogP contribution in [0.25, 0.3) is 16.8 Å². The molecule has 0 radical (unpaired) electrons. The van der Waals surface area contributed by atoms with Crippen LogP contribution in [0.4, 0.5) is 0 Å². The van der Waals surface area contributed by atoms with Crippen LogP contribution in [0.15, 0.2) is 55.0 Å². The summed E-state index contributed by atoms with van der Waals surface area (Å²) in [5.74, 6) is 1.95. The molecule has 7 nitrogen and oxygen atoms in total. The summed E-state index contributed by atoms with van der Waals surface area (Å²) >= 11 is 0. The molecule has 0 spiro atoms. The van der Waals surface area contributed by atoms with Gasteiger partial charge in [0, 0.05) is 25.4 Å². The molecule has 0 aliphatic rings. The number of nitrogens with zero attached hydrogens (tertiary/aromatic N) is 2. The maximum Gasteiger partial charge on any atom is 0.269 e. The van der Waals surface area contributed by atoms with Crippen LogP contribution >= 0.6 is 0 Å². The van der Waals surface area contributed by atoms with Crippen LogP contribution in [0.1, 0.15) is 56.4 Å². The number of unbranched alkanes of at least 4 members (excludes halogenated alkanes) is 1. The summed E-state index contributed by atoms with van der Waals surface area (Å²) in [5, 5.41) is 2.99. The lowest BCUT2D eigenvalue weighted by molar-refractivity contribution is 0.0872. The topological polar surface area (TPSA) is 74.6 Å². The molecule has 1 N–H and O–H groups in total. The van der Waals surface area contributed by atoms with E-state index in [9.17, 15) is 4.79 Å². The van der Waals surface area contributed by atoms with Crippen LogP contribution in [-0.4, -0.2) is 49.4 Å². The van der Waals surface area contributed by atoms with Gasteiger partial charge in [0.15, 0.2) is 0 Å². The number of carbonyl (C=O) groups is 1. The van der Waals surface area contributed by atoms with Gasteiger partial charge in [-0.25, -0.2) is 4.98 Å². The van der Waals surface area contributed by atoms with E-state index in [1.165, 1.54) is 19.3 Å². The number of benzene rings is 2. The van der Waals surface area contributed by atoms with Crippen molar-refractivity contribution in [3.05, 3.63) is 60.7 Å². The molecule has 1 aromatic heterocycles. The fourth-order valence-corrected chi connectivity index (χ4v) is 4.21. The molecule has 0 fully saturated rings. The van der Waals surface area contributed by atoms with Crippen molar-refractivity contribution < 1.29 is 19.0 Å². The highest BCUT2D eigenvalue weighted by molar-refractivity contribution is 5.93. The molecule has 1 amide bonds. The number of hydrogen-bond acceptors (Lipinski definition) is 5. The van der Waals surface area contributed by atoms with E-state index < -0.39 is 0 Å². The summed E-state index contributed by atoms with van der Waals surface area (Å²) < 4.78 is 18.7. The fourth-order valence-electron chi connectivity index (χ4n) is 4.21. The second-order valence-corrected chi connectivity index (χ2v) is 8.83. The van der Waals surface area contributed by atoms with Crippen molar-refractivity contribution in [2.24, 2.45) is 5.92 Å². The first kappa shape index (κ1) is 27.3. The smallest absolute Gasteiger partial charge is 0.269 e. The van der Waals surface area contributed by atoms with Crippen LogP contribution in [0, 0.1) is 5.92 Å². The zero-order valence-electron chi connectivity index (χ0n) is 22.0. The van der Waals surface area contributed by atoms with Gasteiger partial charge in [0.25, 0.3) is 5.91 Å². The second kappa shape index (κ2) is 14.3. The standard InChI is InChI=1S/C29H39N3O4/c1-5-7-10-22(6-2)20-36-18-9-17-31-29(33)25-19-30-21-32(25)24-15-13-23(14-16-24)28-26(34-3)11-8-12-27(28)35-4/h8,11-16,19,21-22H,5-7,9-10,17-18,20H2,1-4H3,(H,31,33)/t22-/m0/s1. The fraction of sp³-hybridized carbons (Fsp3) is 0.448. The molecule has 2 aromatic carbocycles. The third-order valence-electron chi connectivity index (χ3n) is 6.38. The number of hydrogen-bond donors (Lipinski definition) is 1. The van der Waals surface area contributed by atoms with E-state index in [-0.39, 0.29) is 5.91 Å². The minimum Gasteiger partial charge on any atom is -0.496 e. The quantitative estimate of drug-likeness (QED) is 0.267. The minimum absolute atomic E-state index is 0.155. The second-order valence-electron chi connectivity index (χ2n) is 8.83. The first-order chi connectivity index (χ1) is 17.6. The Balaban J connectivity index is 1.57. The highest BCUT2D eigenvalue weighted by Crippen LogP contribution is 2.38. The third kappa shape index (κ3) is 7.10. The summed E-state index contributed by atoms with van der Waals surface area (Å²) in [6, 6.07) is 13.6. The zero-order valence-corrected chi connectivity index (χ0v) is 22.0. The van der Waals surface area contributed by atoms with Crippen LogP contribution in [-0.2, 0) is 4.74 Å². The number of imidazole rings is 1. The molecule has 36 heavy (non-hydrogen) atoms. The molecular weight excluding hydrogens is 454 g/mol. The molecular formula is C29H39N3O4. The lowest BCUT2D eigenvalue weighted by atomic mass is 10.0. The maximum atomic E-state index is 12.8. The van der Waals surface area contributed by atoms with Gasteiger partial charge in [-0.3, -0.25) is 9.36 Å². The van der Waals surface area contributed by atoms with E-state index in [1.807, 2.05) is 42.5 Å². The van der Waals surface area contributed by atoms with Gasteiger partial charge in [-0.05, 0) is 48.6 Å². The normalized spacial score (nSPS) is 11.8. The average Bonchev–Trinajstić information content (AvgIpc) is 3.42. The SMILES string of the molecule is CCCC[C@H](CC)COCCCNC(=O)c1cncn1-c1ccc(-c2c(OC)cccc2OC)cc1.